The molecular weight excluding hydrogens is 379 g/mol. The monoisotopic (exact) mass is 413 g/mol. The molecule has 0 atom stereocenters. The lowest BCUT2D eigenvalue weighted by Gasteiger charge is -2.09. The van der Waals surface area contributed by atoms with Crippen molar-refractivity contribution in [1.29, 1.82) is 0 Å². The summed E-state index contributed by atoms with van der Waals surface area (Å²) < 4.78 is 60.0. The lowest BCUT2D eigenvalue weighted by atomic mass is 10.1. The number of unbranched alkanes of at least 4 members (excludes halogenated alkanes) is 8. The molecule has 0 saturated carbocycles. The number of hydrogen-bond acceptors (Lipinski definition) is 2. The highest BCUT2D eigenvalue weighted by Gasteiger charge is 2.44. The van der Waals surface area contributed by atoms with Gasteiger partial charge in [-0.2, -0.15) is 21.6 Å². The molecule has 0 saturated heterocycles. The summed E-state index contributed by atoms with van der Waals surface area (Å²) in [6.07, 6.45) is 17.4. The topological polar surface area (TPSA) is 59.3 Å². The smallest absolute Gasteiger partial charge is 0.351 e. The quantitative estimate of drug-likeness (QED) is 0.246. The van der Waals surface area contributed by atoms with Crippen LogP contribution in [0.25, 0.3) is 0 Å². The third kappa shape index (κ3) is 12.9. The maximum atomic E-state index is 10.7. The first-order valence-electron chi connectivity index (χ1n) is 9.81. The molecular formula is C19H34F3NO3S. The third-order valence-corrected chi connectivity index (χ3v) is 4.84. The standard InChI is InChI=1S/C18H33N.CHF3O3S/c1-3-5-7-8-9-10-11-12-16-19-17-13-15-18(19)14-6-4-2;2-1(3,4)8(5,6)7/h13,15,17H,3-12,14,16H2,1-2H3;(H,5,6,7). The van der Waals surface area contributed by atoms with Crippen LogP contribution in [0.5, 0.6) is 0 Å². The van der Waals surface area contributed by atoms with Crippen LogP contribution in [0.3, 0.4) is 0 Å². The molecule has 0 spiro atoms. The van der Waals surface area contributed by atoms with E-state index < -0.39 is 15.6 Å². The number of aryl methyl sites for hydroxylation is 2. The van der Waals surface area contributed by atoms with Crippen LogP contribution < -0.4 is 0 Å². The number of nitrogens with zero attached hydrogens (tertiary/aromatic N) is 1. The molecule has 0 bridgehead atoms. The zero-order valence-corrected chi connectivity index (χ0v) is 17.3. The van der Waals surface area contributed by atoms with Gasteiger partial charge in [0.25, 0.3) is 0 Å². The molecule has 27 heavy (non-hydrogen) atoms. The van der Waals surface area contributed by atoms with E-state index in [1.54, 1.807) is 0 Å². The van der Waals surface area contributed by atoms with Gasteiger partial charge in [-0.25, -0.2) is 0 Å². The largest absolute Gasteiger partial charge is 0.522 e. The molecule has 4 nitrogen and oxygen atoms in total. The van der Waals surface area contributed by atoms with E-state index in [0.717, 1.165) is 0 Å². The van der Waals surface area contributed by atoms with E-state index in [2.05, 4.69) is 36.7 Å². The molecule has 1 N–H and O–H groups in total. The first-order valence-corrected chi connectivity index (χ1v) is 11.2. The number of hydrogen-bond donors (Lipinski definition) is 1. The Morgan fingerprint density at radius 2 is 1.41 bits per heavy atom. The molecule has 8 heteroatoms. The molecule has 0 aliphatic heterocycles. The van der Waals surface area contributed by atoms with Gasteiger partial charge in [-0.15, -0.1) is 0 Å². The molecule has 0 fully saturated rings. The van der Waals surface area contributed by atoms with E-state index in [-0.39, 0.29) is 0 Å². The number of alkyl halides is 3. The molecule has 0 aliphatic carbocycles. The predicted octanol–water partition coefficient (Wildman–Crippen LogP) is 6.37. The highest BCUT2D eigenvalue weighted by molar-refractivity contribution is 7.86. The second-order valence-corrected chi connectivity index (χ2v) is 8.11. The maximum absolute atomic E-state index is 10.7. The van der Waals surface area contributed by atoms with Gasteiger partial charge in [-0.05, 0) is 31.4 Å². The number of aromatic nitrogens is 1. The van der Waals surface area contributed by atoms with Crippen molar-refractivity contribution in [1.82, 2.24) is 4.57 Å². The van der Waals surface area contributed by atoms with Gasteiger partial charge < -0.3 is 4.57 Å². The molecule has 1 rings (SSSR count). The van der Waals surface area contributed by atoms with E-state index >= 15 is 0 Å². The summed E-state index contributed by atoms with van der Waals surface area (Å²) in [6, 6.07) is 4.50. The molecule has 0 aliphatic rings. The molecule has 1 aromatic rings. The van der Waals surface area contributed by atoms with Crippen molar-refractivity contribution in [2.24, 2.45) is 0 Å². The van der Waals surface area contributed by atoms with Crippen LogP contribution in [0.2, 0.25) is 0 Å². The lowest BCUT2D eigenvalue weighted by molar-refractivity contribution is -0.0510. The van der Waals surface area contributed by atoms with Crippen LogP contribution in [-0.4, -0.2) is 23.0 Å². The maximum Gasteiger partial charge on any atom is 0.522 e. The summed E-state index contributed by atoms with van der Waals surface area (Å²) in [7, 11) is -5.84. The number of halogens is 3. The van der Waals surface area contributed by atoms with Crippen LogP contribution in [0.15, 0.2) is 18.3 Å². The third-order valence-electron chi connectivity index (χ3n) is 4.26. The van der Waals surface area contributed by atoms with Crippen LogP contribution >= 0.6 is 0 Å². The van der Waals surface area contributed by atoms with Gasteiger partial charge in [0.1, 0.15) is 0 Å². The Bertz CT molecular complexity index is 583. The molecule has 1 aromatic heterocycles. The van der Waals surface area contributed by atoms with Gasteiger partial charge in [0.05, 0.1) is 0 Å². The molecule has 0 aromatic carbocycles. The van der Waals surface area contributed by atoms with Gasteiger partial charge >= 0.3 is 15.6 Å². The van der Waals surface area contributed by atoms with Gasteiger partial charge in [-0.1, -0.05) is 65.2 Å². The highest BCUT2D eigenvalue weighted by Crippen LogP contribution is 2.20. The van der Waals surface area contributed by atoms with Crippen molar-refractivity contribution in [3.05, 3.63) is 24.0 Å². The normalized spacial score (nSPS) is 11.9. The molecule has 0 radical (unpaired) electrons. The Kier molecular flexibility index (Phi) is 13.5. The SMILES string of the molecule is CCCCCCCCCCn1cccc1CCCC.O=S(=O)(O)C(F)(F)F. The molecule has 0 unspecified atom stereocenters. The minimum atomic E-state index is -5.84. The molecule has 160 valence electrons. The first kappa shape index (κ1) is 26.0. The summed E-state index contributed by atoms with van der Waals surface area (Å²) in [4.78, 5) is 0. The average molecular weight is 414 g/mol. The fourth-order valence-electron chi connectivity index (χ4n) is 2.67. The fraction of sp³-hybridized carbons (Fsp3) is 0.789. The van der Waals surface area contributed by atoms with Gasteiger partial charge in [-0.3, -0.25) is 4.55 Å². The minimum Gasteiger partial charge on any atom is -0.351 e. The Labute approximate surface area is 161 Å². The Morgan fingerprint density at radius 3 is 1.89 bits per heavy atom. The summed E-state index contributed by atoms with van der Waals surface area (Å²) in [5.74, 6) is 0. The fourth-order valence-corrected chi connectivity index (χ4v) is 2.67. The second kappa shape index (κ2) is 14.0. The van der Waals surface area contributed by atoms with E-state index in [1.165, 1.54) is 82.9 Å². The Hall–Kier alpha value is -1.02. The van der Waals surface area contributed by atoms with E-state index in [1.807, 2.05) is 0 Å². The van der Waals surface area contributed by atoms with Crippen molar-refractivity contribution >= 4 is 10.1 Å². The molecule has 1 heterocycles. The summed E-state index contributed by atoms with van der Waals surface area (Å²) in [6.45, 7) is 5.78. The first-order chi connectivity index (χ1) is 12.6. The van der Waals surface area contributed by atoms with Crippen molar-refractivity contribution < 1.29 is 26.1 Å². The van der Waals surface area contributed by atoms with E-state index in [9.17, 15) is 13.2 Å². The Morgan fingerprint density at radius 1 is 0.926 bits per heavy atom. The zero-order chi connectivity index (χ0) is 20.8. The van der Waals surface area contributed by atoms with Crippen LogP contribution in [-0.2, 0) is 23.1 Å². The van der Waals surface area contributed by atoms with Crippen molar-refractivity contribution in [3.63, 3.8) is 0 Å². The van der Waals surface area contributed by atoms with Crippen LogP contribution in [0, 0.1) is 0 Å². The lowest BCUT2D eigenvalue weighted by Crippen LogP contribution is -2.21. The minimum absolute atomic E-state index is 1.22. The van der Waals surface area contributed by atoms with Gasteiger partial charge in [0, 0.05) is 18.4 Å². The average Bonchev–Trinajstić information content (AvgIpc) is 3.01. The van der Waals surface area contributed by atoms with Crippen LogP contribution in [0.4, 0.5) is 13.2 Å². The van der Waals surface area contributed by atoms with Crippen LogP contribution in [0.1, 0.15) is 83.7 Å². The Balaban J connectivity index is 0.000000713. The zero-order valence-electron chi connectivity index (χ0n) is 16.5. The van der Waals surface area contributed by atoms with E-state index in [0.29, 0.717) is 0 Å². The van der Waals surface area contributed by atoms with Gasteiger partial charge in [0.2, 0.25) is 0 Å². The van der Waals surface area contributed by atoms with Crippen molar-refractivity contribution in [2.45, 2.75) is 96.5 Å². The van der Waals surface area contributed by atoms with Gasteiger partial charge in [0.15, 0.2) is 0 Å². The summed E-state index contributed by atoms with van der Waals surface area (Å²) in [5, 5.41) is 0. The van der Waals surface area contributed by atoms with Crippen molar-refractivity contribution in [3.8, 4) is 0 Å². The summed E-state index contributed by atoms with van der Waals surface area (Å²) in [5.41, 5.74) is -4.00. The van der Waals surface area contributed by atoms with E-state index in [4.69, 9.17) is 13.0 Å². The number of rotatable bonds is 12. The summed E-state index contributed by atoms with van der Waals surface area (Å²) >= 11 is 0. The predicted molar refractivity (Wildman–Crippen MR) is 103 cm³/mol. The second-order valence-electron chi connectivity index (χ2n) is 6.69. The van der Waals surface area contributed by atoms with Crippen molar-refractivity contribution in [2.75, 3.05) is 0 Å². The molecule has 0 amide bonds. The highest BCUT2D eigenvalue weighted by atomic mass is 32.2.